The average Bonchev–Trinajstić information content (AvgIpc) is 2.64. The van der Waals surface area contributed by atoms with E-state index in [4.69, 9.17) is 5.73 Å². The molecule has 4 N–H and O–H groups in total. The van der Waals surface area contributed by atoms with Crippen LogP contribution in [-0.4, -0.2) is 69.1 Å². The Morgan fingerprint density at radius 2 is 1.71 bits per heavy atom. The van der Waals surface area contributed by atoms with Gasteiger partial charge in [-0.15, -0.1) is 0 Å². The summed E-state index contributed by atoms with van der Waals surface area (Å²) >= 11 is 0. The monoisotopic (exact) mass is 333 g/mol. The first-order chi connectivity index (χ1) is 11.7. The number of amides is 2. The maximum absolute atomic E-state index is 11.5. The highest BCUT2D eigenvalue weighted by Crippen LogP contribution is 2.15. The van der Waals surface area contributed by atoms with Crippen LogP contribution in [0.15, 0.2) is 30.3 Å². The molecule has 1 fully saturated rings. The van der Waals surface area contributed by atoms with Crippen molar-refractivity contribution in [2.75, 3.05) is 57.3 Å². The number of piperazine rings is 1. The van der Waals surface area contributed by atoms with Crippen molar-refractivity contribution in [3.63, 3.8) is 0 Å². The second-order valence-electron chi connectivity index (χ2n) is 5.85. The van der Waals surface area contributed by atoms with Crippen LogP contribution in [0.5, 0.6) is 0 Å². The van der Waals surface area contributed by atoms with E-state index in [1.807, 2.05) is 6.07 Å². The van der Waals surface area contributed by atoms with E-state index in [9.17, 15) is 9.59 Å². The van der Waals surface area contributed by atoms with Crippen molar-refractivity contribution in [1.82, 2.24) is 15.5 Å². The maximum atomic E-state index is 11.5. The molecular weight excluding hydrogens is 306 g/mol. The third kappa shape index (κ3) is 6.17. The first-order valence-electron chi connectivity index (χ1n) is 8.45. The summed E-state index contributed by atoms with van der Waals surface area (Å²) in [4.78, 5) is 27.3. The van der Waals surface area contributed by atoms with E-state index < -0.39 is 0 Å². The minimum Gasteiger partial charge on any atom is -0.369 e. The molecule has 0 spiro atoms. The lowest BCUT2D eigenvalue weighted by molar-refractivity contribution is -0.125. The molecule has 1 aromatic carbocycles. The summed E-state index contributed by atoms with van der Waals surface area (Å²) in [5.41, 5.74) is 6.44. The number of hydrogen-bond acceptors (Lipinski definition) is 5. The number of nitrogens with two attached hydrogens (primary N) is 1. The van der Waals surface area contributed by atoms with E-state index in [-0.39, 0.29) is 24.9 Å². The number of carbonyl (C=O) groups is 2. The van der Waals surface area contributed by atoms with Crippen molar-refractivity contribution in [2.24, 2.45) is 5.73 Å². The van der Waals surface area contributed by atoms with Gasteiger partial charge in [-0.3, -0.25) is 14.5 Å². The van der Waals surface area contributed by atoms with Crippen LogP contribution in [-0.2, 0) is 9.59 Å². The van der Waals surface area contributed by atoms with Gasteiger partial charge in [0.1, 0.15) is 0 Å². The largest absolute Gasteiger partial charge is 0.369 e. The Labute approximate surface area is 143 Å². The highest BCUT2D eigenvalue weighted by molar-refractivity contribution is 5.85. The Hall–Kier alpha value is -2.12. The molecule has 2 amide bonds. The SMILES string of the molecule is NCC(=O)NCC(=O)NCCCN1CCN(c2ccccc2)CC1. The summed E-state index contributed by atoms with van der Waals surface area (Å²) in [6, 6.07) is 10.5. The van der Waals surface area contributed by atoms with Crippen molar-refractivity contribution >= 4 is 17.5 Å². The van der Waals surface area contributed by atoms with Crippen LogP contribution in [0.1, 0.15) is 6.42 Å². The Balaban J connectivity index is 1.55. The van der Waals surface area contributed by atoms with Gasteiger partial charge in [0.2, 0.25) is 11.8 Å². The van der Waals surface area contributed by atoms with Crippen LogP contribution >= 0.6 is 0 Å². The summed E-state index contributed by atoms with van der Waals surface area (Å²) in [5, 5.41) is 5.26. The molecule has 0 unspecified atom stereocenters. The Bertz CT molecular complexity index is 515. The van der Waals surface area contributed by atoms with Crippen LogP contribution < -0.4 is 21.3 Å². The molecule has 1 aromatic rings. The fraction of sp³-hybridized carbons (Fsp3) is 0.529. The van der Waals surface area contributed by atoms with Gasteiger partial charge >= 0.3 is 0 Å². The van der Waals surface area contributed by atoms with E-state index in [2.05, 4.69) is 44.7 Å². The van der Waals surface area contributed by atoms with Gasteiger partial charge in [0.05, 0.1) is 13.1 Å². The number of nitrogens with one attached hydrogen (secondary N) is 2. The molecule has 0 atom stereocenters. The van der Waals surface area contributed by atoms with E-state index in [0.717, 1.165) is 39.1 Å². The molecule has 7 heteroatoms. The van der Waals surface area contributed by atoms with Crippen LogP contribution in [0.25, 0.3) is 0 Å². The second kappa shape index (κ2) is 9.89. The number of carbonyl (C=O) groups excluding carboxylic acids is 2. The van der Waals surface area contributed by atoms with E-state index >= 15 is 0 Å². The lowest BCUT2D eigenvalue weighted by atomic mass is 10.2. The molecule has 0 aromatic heterocycles. The summed E-state index contributed by atoms with van der Waals surface area (Å²) in [5.74, 6) is -0.493. The second-order valence-corrected chi connectivity index (χ2v) is 5.85. The molecule has 132 valence electrons. The maximum Gasteiger partial charge on any atom is 0.239 e. The summed E-state index contributed by atoms with van der Waals surface area (Å²) in [7, 11) is 0. The number of rotatable bonds is 8. The number of para-hydroxylation sites is 1. The molecule has 7 nitrogen and oxygen atoms in total. The van der Waals surface area contributed by atoms with Crippen molar-refractivity contribution in [1.29, 1.82) is 0 Å². The van der Waals surface area contributed by atoms with Gasteiger partial charge in [-0.25, -0.2) is 0 Å². The van der Waals surface area contributed by atoms with E-state index in [0.29, 0.717) is 6.54 Å². The molecule has 1 heterocycles. The standard InChI is InChI=1S/C17H27N5O2/c18-13-16(23)20-14-17(24)19-7-4-8-21-9-11-22(12-10-21)15-5-2-1-3-6-15/h1-3,5-6H,4,7-14,18H2,(H,19,24)(H,20,23). The predicted molar refractivity (Wildman–Crippen MR) is 94.8 cm³/mol. The summed E-state index contributed by atoms with van der Waals surface area (Å²) in [6.45, 7) is 5.62. The Morgan fingerprint density at radius 1 is 1.00 bits per heavy atom. The Kier molecular flexibility index (Phi) is 7.51. The summed E-state index contributed by atoms with van der Waals surface area (Å²) < 4.78 is 0. The number of nitrogens with zero attached hydrogens (tertiary/aromatic N) is 2. The molecular formula is C17H27N5O2. The smallest absolute Gasteiger partial charge is 0.239 e. The van der Waals surface area contributed by atoms with Crippen LogP contribution in [0.4, 0.5) is 5.69 Å². The predicted octanol–water partition coefficient (Wildman–Crippen LogP) is -0.610. The fourth-order valence-corrected chi connectivity index (χ4v) is 2.71. The number of hydrogen-bond donors (Lipinski definition) is 3. The zero-order valence-corrected chi connectivity index (χ0v) is 14.0. The minimum atomic E-state index is -0.318. The van der Waals surface area contributed by atoms with E-state index in [1.165, 1.54) is 5.69 Å². The van der Waals surface area contributed by atoms with Gasteiger partial charge in [-0.05, 0) is 25.1 Å². The minimum absolute atomic E-state index is 0.00815. The fourth-order valence-electron chi connectivity index (χ4n) is 2.71. The molecule has 24 heavy (non-hydrogen) atoms. The van der Waals surface area contributed by atoms with Crippen LogP contribution in [0, 0.1) is 0 Å². The van der Waals surface area contributed by atoms with Gasteiger partial charge in [-0.2, -0.15) is 0 Å². The molecule has 2 rings (SSSR count). The summed E-state index contributed by atoms with van der Waals surface area (Å²) in [6.07, 6.45) is 0.905. The lowest BCUT2D eigenvalue weighted by Crippen LogP contribution is -2.47. The average molecular weight is 333 g/mol. The van der Waals surface area contributed by atoms with E-state index in [1.54, 1.807) is 0 Å². The van der Waals surface area contributed by atoms with Crippen molar-refractivity contribution < 1.29 is 9.59 Å². The number of anilines is 1. The van der Waals surface area contributed by atoms with Crippen molar-refractivity contribution in [2.45, 2.75) is 6.42 Å². The molecule has 1 aliphatic heterocycles. The van der Waals surface area contributed by atoms with Gasteiger partial charge in [0.25, 0.3) is 0 Å². The zero-order valence-electron chi connectivity index (χ0n) is 14.0. The third-order valence-corrected chi connectivity index (χ3v) is 4.10. The highest BCUT2D eigenvalue weighted by atomic mass is 16.2. The quantitative estimate of drug-likeness (QED) is 0.552. The molecule has 1 saturated heterocycles. The van der Waals surface area contributed by atoms with Crippen molar-refractivity contribution in [3.05, 3.63) is 30.3 Å². The lowest BCUT2D eigenvalue weighted by Gasteiger charge is -2.36. The van der Waals surface area contributed by atoms with Gasteiger partial charge in [0, 0.05) is 38.4 Å². The molecule has 0 aliphatic carbocycles. The van der Waals surface area contributed by atoms with Crippen molar-refractivity contribution in [3.8, 4) is 0 Å². The third-order valence-electron chi connectivity index (χ3n) is 4.10. The highest BCUT2D eigenvalue weighted by Gasteiger charge is 2.16. The van der Waals surface area contributed by atoms with Crippen LogP contribution in [0.2, 0.25) is 0 Å². The molecule has 0 radical (unpaired) electrons. The Morgan fingerprint density at radius 3 is 2.38 bits per heavy atom. The molecule has 1 aliphatic rings. The normalized spacial score (nSPS) is 15.1. The van der Waals surface area contributed by atoms with Crippen LogP contribution in [0.3, 0.4) is 0 Å². The number of benzene rings is 1. The topological polar surface area (TPSA) is 90.7 Å². The molecule has 0 saturated carbocycles. The van der Waals surface area contributed by atoms with Gasteiger partial charge in [0.15, 0.2) is 0 Å². The zero-order chi connectivity index (χ0) is 17.2. The first-order valence-corrected chi connectivity index (χ1v) is 8.45. The molecule has 0 bridgehead atoms. The first kappa shape index (κ1) is 18.2. The van der Waals surface area contributed by atoms with Gasteiger partial charge < -0.3 is 21.3 Å². The van der Waals surface area contributed by atoms with Gasteiger partial charge in [-0.1, -0.05) is 18.2 Å².